The molecule has 0 saturated heterocycles. The number of esters is 1. The summed E-state index contributed by atoms with van der Waals surface area (Å²) in [6, 6.07) is 2.66. The number of hydrogen-bond donors (Lipinski definition) is 2. The third kappa shape index (κ3) is 5.12. The van der Waals surface area contributed by atoms with E-state index in [0.29, 0.717) is 6.61 Å². The van der Waals surface area contributed by atoms with Crippen LogP contribution in [0, 0.1) is 5.92 Å². The molecule has 0 aliphatic heterocycles. The van der Waals surface area contributed by atoms with Gasteiger partial charge in [-0.25, -0.2) is 4.79 Å². The molecule has 1 unspecified atom stereocenters. The quantitative estimate of drug-likeness (QED) is 0.782. The van der Waals surface area contributed by atoms with Crippen LogP contribution >= 0.6 is 0 Å². The number of nitrogens with zero attached hydrogens (tertiary/aromatic N) is 1. The van der Waals surface area contributed by atoms with Crippen LogP contribution in [-0.2, 0) is 16.6 Å². The van der Waals surface area contributed by atoms with Gasteiger partial charge in [-0.2, -0.15) is 0 Å². The molecule has 23 heavy (non-hydrogen) atoms. The van der Waals surface area contributed by atoms with E-state index in [9.17, 15) is 14.4 Å². The molecular weight excluding hydrogens is 298 g/mol. The van der Waals surface area contributed by atoms with Crippen LogP contribution in [-0.4, -0.2) is 28.7 Å². The lowest BCUT2D eigenvalue weighted by atomic mass is 9.85. The van der Waals surface area contributed by atoms with Gasteiger partial charge in [-0.15, -0.1) is 0 Å². The summed E-state index contributed by atoms with van der Waals surface area (Å²) in [7, 11) is 1.60. The van der Waals surface area contributed by atoms with Gasteiger partial charge in [-0.1, -0.05) is 13.8 Å². The number of pyridine rings is 1. The number of carbonyl (C=O) groups is 2. The van der Waals surface area contributed by atoms with Gasteiger partial charge >= 0.3 is 12.0 Å². The molecule has 1 rings (SSSR count). The summed E-state index contributed by atoms with van der Waals surface area (Å²) in [6.07, 6.45) is 1.66. The molecule has 128 valence electrons. The monoisotopic (exact) mass is 323 g/mol. The highest BCUT2D eigenvalue weighted by molar-refractivity contribution is 5.90. The molecule has 7 nitrogen and oxygen atoms in total. The van der Waals surface area contributed by atoms with Crippen molar-refractivity contribution in [1.82, 2.24) is 9.88 Å². The second kappa shape index (κ2) is 7.80. The predicted molar refractivity (Wildman–Crippen MR) is 88.3 cm³/mol. The Balaban J connectivity index is 2.84. The van der Waals surface area contributed by atoms with E-state index in [1.165, 1.54) is 10.6 Å². The van der Waals surface area contributed by atoms with Gasteiger partial charge in [0.25, 0.3) is 5.56 Å². The highest BCUT2D eigenvalue weighted by Crippen LogP contribution is 2.21. The smallest absolute Gasteiger partial charge is 0.319 e. The summed E-state index contributed by atoms with van der Waals surface area (Å²) in [5, 5.41) is 5.31. The minimum Gasteiger partial charge on any atom is -0.466 e. The molecule has 2 N–H and O–H groups in total. The number of amides is 2. The fourth-order valence-corrected chi connectivity index (χ4v) is 2.01. The van der Waals surface area contributed by atoms with Gasteiger partial charge in [0.05, 0.1) is 18.6 Å². The largest absolute Gasteiger partial charge is 0.466 e. The molecule has 0 bridgehead atoms. The number of urea groups is 1. The maximum Gasteiger partial charge on any atom is 0.319 e. The van der Waals surface area contributed by atoms with Crippen molar-refractivity contribution in [3.63, 3.8) is 0 Å². The van der Waals surface area contributed by atoms with E-state index in [4.69, 9.17) is 4.74 Å². The lowest BCUT2D eigenvalue weighted by molar-refractivity contribution is -0.145. The van der Waals surface area contributed by atoms with Crippen molar-refractivity contribution in [1.29, 1.82) is 0 Å². The Hall–Kier alpha value is -2.31. The van der Waals surface area contributed by atoms with Crippen LogP contribution in [0.1, 0.15) is 34.1 Å². The average molecular weight is 323 g/mol. The third-order valence-corrected chi connectivity index (χ3v) is 3.86. The zero-order valence-corrected chi connectivity index (χ0v) is 14.3. The van der Waals surface area contributed by atoms with Gasteiger partial charge in [-0.3, -0.25) is 9.59 Å². The summed E-state index contributed by atoms with van der Waals surface area (Å²) in [6.45, 7) is 7.61. The Kier molecular flexibility index (Phi) is 6.36. The summed E-state index contributed by atoms with van der Waals surface area (Å²) in [5.74, 6) is -0.379. The van der Waals surface area contributed by atoms with E-state index in [1.54, 1.807) is 33.2 Å². The Morgan fingerprint density at radius 1 is 1.39 bits per heavy atom. The predicted octanol–water partition coefficient (Wildman–Crippen LogP) is 1.87. The minimum atomic E-state index is -0.781. The van der Waals surface area contributed by atoms with Gasteiger partial charge in [0.2, 0.25) is 0 Å². The first-order chi connectivity index (χ1) is 10.7. The van der Waals surface area contributed by atoms with E-state index >= 15 is 0 Å². The number of anilines is 1. The topological polar surface area (TPSA) is 89.4 Å². The van der Waals surface area contributed by atoms with Gasteiger partial charge in [0.15, 0.2) is 0 Å². The highest BCUT2D eigenvalue weighted by atomic mass is 16.5. The van der Waals surface area contributed by atoms with Crippen LogP contribution in [0.4, 0.5) is 10.5 Å². The first kappa shape index (κ1) is 18.7. The second-order valence-corrected chi connectivity index (χ2v) is 5.97. The first-order valence-corrected chi connectivity index (χ1v) is 7.60. The van der Waals surface area contributed by atoms with Crippen LogP contribution in [0.15, 0.2) is 23.1 Å². The fourth-order valence-electron chi connectivity index (χ4n) is 2.01. The third-order valence-electron chi connectivity index (χ3n) is 3.86. The maximum atomic E-state index is 12.2. The van der Waals surface area contributed by atoms with Crippen LogP contribution < -0.4 is 16.2 Å². The number of nitrogens with one attached hydrogen (secondary N) is 2. The molecule has 0 aliphatic carbocycles. The SMILES string of the molecule is CCOC(=O)CC(C)(NC(=O)Nc1cccn(C)c1=O)C(C)C. The molecule has 1 heterocycles. The standard InChI is InChI=1S/C16H25N3O4/c1-6-23-13(20)10-16(4,11(2)3)18-15(22)17-12-8-7-9-19(5)14(12)21/h7-9,11H,6,10H2,1-5H3,(H2,17,18,22). The summed E-state index contributed by atoms with van der Waals surface area (Å²) >= 11 is 0. The van der Waals surface area contributed by atoms with Crippen LogP contribution in [0.2, 0.25) is 0 Å². The van der Waals surface area contributed by atoms with Crippen LogP contribution in [0.25, 0.3) is 0 Å². The van der Waals surface area contributed by atoms with Gasteiger partial charge in [0, 0.05) is 13.2 Å². The Morgan fingerprint density at radius 3 is 2.61 bits per heavy atom. The van der Waals surface area contributed by atoms with Crippen LogP contribution in [0.5, 0.6) is 0 Å². The second-order valence-electron chi connectivity index (χ2n) is 5.97. The van der Waals surface area contributed by atoms with Gasteiger partial charge < -0.3 is 19.9 Å². The Morgan fingerprint density at radius 2 is 2.04 bits per heavy atom. The molecule has 0 aliphatic rings. The molecule has 0 saturated carbocycles. The molecule has 0 fully saturated rings. The van der Waals surface area contributed by atoms with E-state index in [-0.39, 0.29) is 29.6 Å². The van der Waals surface area contributed by atoms with Crippen molar-refractivity contribution in [2.24, 2.45) is 13.0 Å². The van der Waals surface area contributed by atoms with Crippen molar-refractivity contribution >= 4 is 17.7 Å². The van der Waals surface area contributed by atoms with Gasteiger partial charge in [-0.05, 0) is 31.9 Å². The number of rotatable bonds is 6. The molecule has 2 amide bonds. The van der Waals surface area contributed by atoms with Crippen LogP contribution in [0.3, 0.4) is 0 Å². The van der Waals surface area contributed by atoms with E-state index in [0.717, 1.165) is 0 Å². The maximum absolute atomic E-state index is 12.2. The number of carbonyl (C=O) groups excluding carboxylic acids is 2. The molecule has 1 aromatic heterocycles. The molecular formula is C16H25N3O4. The molecule has 0 spiro atoms. The zero-order chi connectivity index (χ0) is 17.6. The minimum absolute atomic E-state index is 0.00346. The average Bonchev–Trinajstić information content (AvgIpc) is 2.43. The summed E-state index contributed by atoms with van der Waals surface area (Å²) < 4.78 is 6.33. The number of hydrogen-bond acceptors (Lipinski definition) is 4. The lowest BCUT2D eigenvalue weighted by Crippen LogP contribution is -2.53. The number of ether oxygens (including phenoxy) is 1. The normalized spacial score (nSPS) is 13.3. The van der Waals surface area contributed by atoms with Crippen molar-refractivity contribution in [3.05, 3.63) is 28.7 Å². The molecule has 0 aromatic carbocycles. The molecule has 0 radical (unpaired) electrons. The summed E-state index contributed by atoms with van der Waals surface area (Å²) in [4.78, 5) is 35.9. The Bertz CT molecular complexity index is 624. The fraction of sp³-hybridized carbons (Fsp3) is 0.562. The highest BCUT2D eigenvalue weighted by Gasteiger charge is 2.33. The van der Waals surface area contributed by atoms with E-state index in [2.05, 4.69) is 10.6 Å². The first-order valence-electron chi connectivity index (χ1n) is 7.60. The lowest BCUT2D eigenvalue weighted by Gasteiger charge is -2.33. The number of aryl methyl sites for hydroxylation is 1. The van der Waals surface area contributed by atoms with Crippen molar-refractivity contribution in [2.45, 2.75) is 39.7 Å². The summed E-state index contributed by atoms with van der Waals surface area (Å²) in [5.41, 5.74) is -0.912. The Labute approximate surface area is 136 Å². The van der Waals surface area contributed by atoms with E-state index < -0.39 is 11.6 Å². The molecule has 7 heteroatoms. The van der Waals surface area contributed by atoms with Crippen molar-refractivity contribution < 1.29 is 14.3 Å². The number of aromatic nitrogens is 1. The van der Waals surface area contributed by atoms with Crippen molar-refractivity contribution in [3.8, 4) is 0 Å². The van der Waals surface area contributed by atoms with Gasteiger partial charge in [0.1, 0.15) is 5.69 Å². The zero-order valence-electron chi connectivity index (χ0n) is 14.3. The van der Waals surface area contributed by atoms with Crippen molar-refractivity contribution in [2.75, 3.05) is 11.9 Å². The molecule has 1 atom stereocenters. The molecule has 1 aromatic rings. The van der Waals surface area contributed by atoms with E-state index in [1.807, 2.05) is 13.8 Å².